The van der Waals surface area contributed by atoms with Crippen LogP contribution in [0.1, 0.15) is 18.1 Å². The fourth-order valence-corrected chi connectivity index (χ4v) is 4.72. The van der Waals surface area contributed by atoms with Gasteiger partial charge in [-0.2, -0.15) is 0 Å². The largest absolute Gasteiger partial charge is 0.277 e. The minimum Gasteiger partial charge on any atom is -0.267 e. The fraction of sp³-hybridized carbons (Fsp3) is 0.200. The van der Waals surface area contributed by atoms with E-state index in [0.29, 0.717) is 10.3 Å². The fourth-order valence-electron chi connectivity index (χ4n) is 2.99. The Morgan fingerprint density at radius 1 is 1.22 bits per heavy atom. The molecule has 0 saturated carbocycles. The monoisotopic (exact) mass is 394 g/mol. The molecule has 0 aliphatic carbocycles. The summed E-state index contributed by atoms with van der Waals surface area (Å²) < 4.78 is 2.18. The summed E-state index contributed by atoms with van der Waals surface area (Å²) in [6.45, 7) is 6.25. The number of thiazole rings is 1. The highest BCUT2D eigenvalue weighted by Gasteiger charge is 2.15. The average molecular weight is 395 g/mol. The molecule has 136 valence electrons. The normalized spacial score (nSPS) is 11.2. The second-order valence-corrected chi connectivity index (χ2v) is 8.48. The summed E-state index contributed by atoms with van der Waals surface area (Å²) in [6, 6.07) is 7.99. The van der Waals surface area contributed by atoms with Gasteiger partial charge in [-0.05, 0) is 48.9 Å². The van der Waals surface area contributed by atoms with Gasteiger partial charge in [0.15, 0.2) is 5.65 Å². The molecule has 0 radical (unpaired) electrons. The highest BCUT2D eigenvalue weighted by molar-refractivity contribution is 7.99. The van der Waals surface area contributed by atoms with Crippen molar-refractivity contribution >= 4 is 33.4 Å². The second-order valence-electron chi connectivity index (χ2n) is 6.17. The molecule has 3 aromatic heterocycles. The molecule has 0 saturated heterocycles. The van der Waals surface area contributed by atoms with E-state index in [2.05, 4.69) is 40.9 Å². The predicted molar refractivity (Wildman–Crippen MR) is 112 cm³/mol. The maximum absolute atomic E-state index is 13.2. The van der Waals surface area contributed by atoms with Gasteiger partial charge in [0.1, 0.15) is 16.0 Å². The van der Waals surface area contributed by atoms with Gasteiger partial charge >= 0.3 is 0 Å². The molecule has 0 atom stereocenters. The Balaban J connectivity index is 1.88. The van der Waals surface area contributed by atoms with Crippen molar-refractivity contribution in [1.82, 2.24) is 19.5 Å². The Labute approximate surface area is 165 Å². The Kier molecular flexibility index (Phi) is 4.80. The molecule has 0 fully saturated rings. The van der Waals surface area contributed by atoms with E-state index in [1.165, 1.54) is 21.8 Å². The Bertz CT molecular complexity index is 1180. The molecular weight excluding hydrogens is 376 g/mol. The Hall–Kier alpha value is -2.51. The third-order valence-corrected chi connectivity index (χ3v) is 6.40. The van der Waals surface area contributed by atoms with Crippen LogP contribution in [-0.4, -0.2) is 25.3 Å². The zero-order valence-corrected chi connectivity index (χ0v) is 16.9. The molecule has 0 spiro atoms. The van der Waals surface area contributed by atoms with Crippen LogP contribution in [0.2, 0.25) is 0 Å². The van der Waals surface area contributed by atoms with E-state index in [-0.39, 0.29) is 5.56 Å². The van der Waals surface area contributed by atoms with Crippen LogP contribution < -0.4 is 5.56 Å². The van der Waals surface area contributed by atoms with Crippen molar-refractivity contribution < 1.29 is 0 Å². The first-order valence-electron chi connectivity index (χ1n) is 8.61. The van der Waals surface area contributed by atoms with Crippen LogP contribution in [0.4, 0.5) is 0 Å². The molecule has 4 aromatic rings. The van der Waals surface area contributed by atoms with Gasteiger partial charge < -0.3 is 0 Å². The van der Waals surface area contributed by atoms with Crippen LogP contribution in [0.15, 0.2) is 52.7 Å². The van der Waals surface area contributed by atoms with Gasteiger partial charge in [0, 0.05) is 22.9 Å². The lowest BCUT2D eigenvalue weighted by Gasteiger charge is -2.13. The summed E-state index contributed by atoms with van der Waals surface area (Å²) in [5.74, 6) is 0.985. The first kappa shape index (κ1) is 17.9. The zero-order valence-electron chi connectivity index (χ0n) is 15.3. The molecule has 0 aliphatic heterocycles. The number of hydrogen-bond donors (Lipinski definition) is 0. The highest BCUT2D eigenvalue weighted by atomic mass is 32.2. The van der Waals surface area contributed by atoms with E-state index >= 15 is 0 Å². The van der Waals surface area contributed by atoms with Crippen molar-refractivity contribution in [3.8, 4) is 16.3 Å². The van der Waals surface area contributed by atoms with Gasteiger partial charge in [0.25, 0.3) is 5.56 Å². The summed E-state index contributed by atoms with van der Waals surface area (Å²) in [7, 11) is 0. The summed E-state index contributed by atoms with van der Waals surface area (Å²) >= 11 is 3.13. The van der Waals surface area contributed by atoms with Gasteiger partial charge in [-0.25, -0.2) is 9.97 Å². The molecule has 5 nitrogen and oxygen atoms in total. The number of benzene rings is 1. The van der Waals surface area contributed by atoms with Crippen LogP contribution in [0.5, 0.6) is 0 Å². The van der Waals surface area contributed by atoms with Crippen molar-refractivity contribution in [3.05, 3.63) is 64.5 Å². The van der Waals surface area contributed by atoms with Crippen molar-refractivity contribution in [2.75, 3.05) is 5.75 Å². The van der Waals surface area contributed by atoms with Crippen molar-refractivity contribution in [1.29, 1.82) is 0 Å². The third kappa shape index (κ3) is 3.28. The first-order valence-corrected chi connectivity index (χ1v) is 10.4. The number of fused-ring (bicyclic) bond motifs is 1. The van der Waals surface area contributed by atoms with E-state index in [1.54, 1.807) is 35.0 Å². The van der Waals surface area contributed by atoms with Crippen LogP contribution in [0, 0.1) is 13.8 Å². The molecular formula is C20H18N4OS2. The van der Waals surface area contributed by atoms with Gasteiger partial charge in [0.05, 0.1) is 5.69 Å². The molecule has 3 heterocycles. The minimum atomic E-state index is -0.0907. The zero-order chi connectivity index (χ0) is 19.0. The molecule has 4 rings (SSSR count). The van der Waals surface area contributed by atoms with E-state index in [1.807, 2.05) is 19.1 Å². The SMILES string of the molecule is CCSc1cc(-n2cnc3nc(-c4cccnc4)sc3c2=O)c(C)cc1C. The number of pyridine rings is 1. The quantitative estimate of drug-likeness (QED) is 0.472. The molecule has 0 bridgehead atoms. The van der Waals surface area contributed by atoms with Crippen molar-refractivity contribution in [2.24, 2.45) is 0 Å². The summed E-state index contributed by atoms with van der Waals surface area (Å²) in [6.07, 6.45) is 5.04. The molecule has 0 amide bonds. The van der Waals surface area contributed by atoms with Crippen LogP contribution in [-0.2, 0) is 0 Å². The number of thioether (sulfide) groups is 1. The molecule has 7 heteroatoms. The standard InChI is InChI=1S/C20H18N4OS2/c1-4-26-16-9-15(12(2)8-13(16)3)24-11-22-18-17(20(24)25)27-19(23-18)14-6-5-7-21-10-14/h5-11H,4H2,1-3H3. The number of hydrogen-bond acceptors (Lipinski definition) is 6. The predicted octanol–water partition coefficient (Wildman–Crippen LogP) is 4.63. The lowest BCUT2D eigenvalue weighted by molar-refractivity contribution is 0.943. The maximum atomic E-state index is 13.2. The number of nitrogens with zero attached hydrogens (tertiary/aromatic N) is 4. The van der Waals surface area contributed by atoms with E-state index < -0.39 is 0 Å². The minimum absolute atomic E-state index is 0.0907. The second kappa shape index (κ2) is 7.25. The molecule has 27 heavy (non-hydrogen) atoms. The molecule has 0 aliphatic rings. The number of aromatic nitrogens is 4. The smallest absolute Gasteiger partial charge is 0.267 e. The molecule has 0 N–H and O–H groups in total. The number of aryl methyl sites for hydroxylation is 2. The van der Waals surface area contributed by atoms with Gasteiger partial charge in [-0.3, -0.25) is 14.3 Å². The van der Waals surface area contributed by atoms with Gasteiger partial charge in [0.2, 0.25) is 0 Å². The molecule has 0 unspecified atom stereocenters. The van der Waals surface area contributed by atoms with E-state index in [0.717, 1.165) is 27.6 Å². The Morgan fingerprint density at radius 2 is 2.07 bits per heavy atom. The third-order valence-electron chi connectivity index (χ3n) is 4.28. The van der Waals surface area contributed by atoms with Crippen LogP contribution in [0.3, 0.4) is 0 Å². The highest BCUT2D eigenvalue weighted by Crippen LogP contribution is 2.29. The number of rotatable bonds is 4. The first-order chi connectivity index (χ1) is 13.1. The lowest BCUT2D eigenvalue weighted by Crippen LogP contribution is -2.19. The van der Waals surface area contributed by atoms with E-state index in [4.69, 9.17) is 0 Å². The van der Waals surface area contributed by atoms with Crippen molar-refractivity contribution in [2.45, 2.75) is 25.7 Å². The summed E-state index contributed by atoms with van der Waals surface area (Å²) in [4.78, 5) is 27.4. The maximum Gasteiger partial charge on any atom is 0.277 e. The van der Waals surface area contributed by atoms with Gasteiger partial charge in [-0.15, -0.1) is 23.1 Å². The van der Waals surface area contributed by atoms with E-state index in [9.17, 15) is 4.79 Å². The average Bonchev–Trinajstić information content (AvgIpc) is 3.11. The van der Waals surface area contributed by atoms with Crippen LogP contribution >= 0.6 is 23.1 Å². The lowest BCUT2D eigenvalue weighted by atomic mass is 10.1. The topological polar surface area (TPSA) is 60.7 Å². The summed E-state index contributed by atoms with van der Waals surface area (Å²) in [5, 5.41) is 0.753. The Morgan fingerprint density at radius 3 is 2.81 bits per heavy atom. The van der Waals surface area contributed by atoms with Crippen LogP contribution in [0.25, 0.3) is 26.6 Å². The summed E-state index contributed by atoms with van der Waals surface area (Å²) in [5.41, 5.74) is 4.42. The van der Waals surface area contributed by atoms with Crippen molar-refractivity contribution in [3.63, 3.8) is 0 Å². The molecule has 1 aromatic carbocycles. The van der Waals surface area contributed by atoms with Gasteiger partial charge in [-0.1, -0.05) is 13.0 Å².